The largest absolute Gasteiger partial charge is 0.394 e. The summed E-state index contributed by atoms with van der Waals surface area (Å²) in [5.41, 5.74) is 0.380. The average molecular weight is 362 g/mol. The Kier molecular flexibility index (Phi) is 4.94. The smallest absolute Gasteiger partial charge is 0.326 e. The van der Waals surface area contributed by atoms with Crippen LogP contribution in [0.15, 0.2) is 36.5 Å². The summed E-state index contributed by atoms with van der Waals surface area (Å²) in [6.07, 6.45) is 1.62. The molecule has 0 aliphatic heterocycles. The summed E-state index contributed by atoms with van der Waals surface area (Å²) >= 11 is 0. The number of benzene rings is 1. The Hall–Kier alpha value is -3.27. The molecular formula is C16H16F2N6O2. The van der Waals surface area contributed by atoms with Crippen molar-refractivity contribution in [3.05, 3.63) is 48.2 Å². The zero-order valence-corrected chi connectivity index (χ0v) is 13.8. The summed E-state index contributed by atoms with van der Waals surface area (Å²) in [5, 5.41) is 22.1. The molecule has 26 heavy (non-hydrogen) atoms. The number of nitrogens with one attached hydrogen (secondary N) is 2. The van der Waals surface area contributed by atoms with Gasteiger partial charge in [-0.25, -0.2) is 13.6 Å². The molecule has 136 valence electrons. The first kappa shape index (κ1) is 17.5. The van der Waals surface area contributed by atoms with Crippen LogP contribution in [0.2, 0.25) is 0 Å². The summed E-state index contributed by atoms with van der Waals surface area (Å²) in [7, 11) is 1.58. The van der Waals surface area contributed by atoms with Gasteiger partial charge in [-0.05, 0) is 12.1 Å². The molecule has 0 bridgehead atoms. The number of hydrogen-bond donors (Lipinski definition) is 3. The molecule has 2 heterocycles. The van der Waals surface area contributed by atoms with Crippen molar-refractivity contribution in [3.63, 3.8) is 0 Å². The number of aliphatic hydroxyl groups excluding tert-OH is 1. The van der Waals surface area contributed by atoms with Crippen molar-refractivity contribution >= 4 is 17.7 Å². The van der Waals surface area contributed by atoms with Crippen LogP contribution in [0.5, 0.6) is 0 Å². The van der Waals surface area contributed by atoms with Crippen LogP contribution >= 0.6 is 0 Å². The molecule has 2 aromatic heterocycles. The molecule has 0 atom stereocenters. The maximum Gasteiger partial charge on any atom is 0.326 e. The van der Waals surface area contributed by atoms with E-state index in [4.69, 9.17) is 5.11 Å². The molecule has 0 saturated carbocycles. The Morgan fingerprint density at radius 1 is 1.19 bits per heavy atom. The predicted octanol–water partition coefficient (Wildman–Crippen LogP) is 2.20. The highest BCUT2D eigenvalue weighted by Crippen LogP contribution is 2.24. The fourth-order valence-corrected chi connectivity index (χ4v) is 2.33. The third-order valence-corrected chi connectivity index (χ3v) is 3.54. The van der Waals surface area contributed by atoms with Crippen molar-refractivity contribution in [1.29, 1.82) is 0 Å². The highest BCUT2D eigenvalue weighted by Gasteiger charge is 2.14. The van der Waals surface area contributed by atoms with Gasteiger partial charge in [-0.15, -0.1) is 0 Å². The quantitative estimate of drug-likeness (QED) is 0.648. The van der Waals surface area contributed by atoms with Gasteiger partial charge in [-0.1, -0.05) is 0 Å². The average Bonchev–Trinajstić information content (AvgIpc) is 3.15. The zero-order chi connectivity index (χ0) is 18.7. The van der Waals surface area contributed by atoms with Crippen molar-refractivity contribution in [1.82, 2.24) is 19.6 Å². The molecule has 0 aliphatic rings. The molecule has 3 N–H and O–H groups in total. The monoisotopic (exact) mass is 362 g/mol. The van der Waals surface area contributed by atoms with Crippen LogP contribution in [0.25, 0.3) is 11.3 Å². The van der Waals surface area contributed by atoms with E-state index in [0.29, 0.717) is 18.2 Å². The van der Waals surface area contributed by atoms with Crippen LogP contribution < -0.4 is 10.6 Å². The highest BCUT2D eigenvalue weighted by molar-refractivity contribution is 5.98. The van der Waals surface area contributed by atoms with Crippen molar-refractivity contribution in [3.8, 4) is 11.3 Å². The van der Waals surface area contributed by atoms with E-state index in [9.17, 15) is 13.6 Å². The Morgan fingerprint density at radius 2 is 2.00 bits per heavy atom. The summed E-state index contributed by atoms with van der Waals surface area (Å²) < 4.78 is 29.7. The minimum atomic E-state index is -0.742. The number of carbonyl (C=O) groups excluding carboxylic acids is 1. The van der Waals surface area contributed by atoms with E-state index in [2.05, 4.69) is 20.8 Å². The van der Waals surface area contributed by atoms with Gasteiger partial charge < -0.3 is 5.11 Å². The second-order valence-electron chi connectivity index (χ2n) is 5.43. The van der Waals surface area contributed by atoms with Crippen LogP contribution in [0.3, 0.4) is 0 Å². The van der Waals surface area contributed by atoms with Gasteiger partial charge in [-0.3, -0.25) is 20.0 Å². The summed E-state index contributed by atoms with van der Waals surface area (Å²) in [6, 6.07) is 5.68. The molecule has 0 radical (unpaired) electrons. The molecule has 2 amide bonds. The van der Waals surface area contributed by atoms with Crippen LogP contribution in [0.1, 0.15) is 0 Å². The molecule has 0 aliphatic carbocycles. The molecule has 0 fully saturated rings. The van der Waals surface area contributed by atoms with E-state index in [1.807, 2.05) is 0 Å². The fourth-order valence-electron chi connectivity index (χ4n) is 2.33. The minimum absolute atomic E-state index is 0.0644. The Labute approximate surface area is 147 Å². The zero-order valence-electron chi connectivity index (χ0n) is 13.8. The maximum atomic E-state index is 13.9. The first-order valence-corrected chi connectivity index (χ1v) is 7.68. The van der Waals surface area contributed by atoms with E-state index in [0.717, 1.165) is 12.1 Å². The van der Waals surface area contributed by atoms with Gasteiger partial charge in [0.1, 0.15) is 17.5 Å². The lowest BCUT2D eigenvalue weighted by atomic mass is 10.1. The Bertz CT molecular complexity index is 937. The maximum absolute atomic E-state index is 13.9. The SMILES string of the molecule is Cn1nc(-c2ccc(F)cc2F)cc1NC(=O)Nc1ccn(CCO)n1. The lowest BCUT2D eigenvalue weighted by Crippen LogP contribution is -2.21. The predicted molar refractivity (Wildman–Crippen MR) is 90.5 cm³/mol. The number of carbonyl (C=O) groups is 1. The first-order chi connectivity index (χ1) is 12.5. The molecule has 3 aromatic rings. The highest BCUT2D eigenvalue weighted by atomic mass is 19.1. The number of aliphatic hydroxyl groups is 1. The van der Waals surface area contributed by atoms with Gasteiger partial charge in [0.25, 0.3) is 0 Å². The molecule has 0 unspecified atom stereocenters. The third-order valence-electron chi connectivity index (χ3n) is 3.54. The van der Waals surface area contributed by atoms with Crippen molar-refractivity contribution in [2.75, 3.05) is 17.2 Å². The van der Waals surface area contributed by atoms with Crippen molar-refractivity contribution < 1.29 is 18.7 Å². The lowest BCUT2D eigenvalue weighted by Gasteiger charge is -2.05. The molecule has 0 spiro atoms. The first-order valence-electron chi connectivity index (χ1n) is 7.68. The van der Waals surface area contributed by atoms with Crippen LogP contribution in [-0.2, 0) is 13.6 Å². The number of nitrogens with zero attached hydrogens (tertiary/aromatic N) is 4. The minimum Gasteiger partial charge on any atom is -0.394 e. The van der Waals surface area contributed by atoms with Gasteiger partial charge in [0.15, 0.2) is 5.82 Å². The molecule has 3 rings (SSSR count). The summed E-state index contributed by atoms with van der Waals surface area (Å²) in [5.74, 6) is -0.798. The van der Waals surface area contributed by atoms with E-state index < -0.39 is 17.7 Å². The summed E-state index contributed by atoms with van der Waals surface area (Å²) in [6.45, 7) is 0.253. The second kappa shape index (κ2) is 7.31. The van der Waals surface area contributed by atoms with Gasteiger partial charge in [0.05, 0.1) is 18.8 Å². The number of amides is 2. The number of anilines is 2. The molecule has 0 saturated heterocycles. The Morgan fingerprint density at radius 3 is 2.73 bits per heavy atom. The molecule has 10 heteroatoms. The number of aromatic nitrogens is 4. The number of aryl methyl sites for hydroxylation is 1. The standard InChI is InChI=1S/C16H16F2N6O2/c1-23-15(9-13(21-23)11-3-2-10(17)8-12(11)18)20-16(26)19-14-4-5-24(22-14)6-7-25/h2-5,8-9,25H,6-7H2,1H3,(H2,19,20,22,26). The summed E-state index contributed by atoms with van der Waals surface area (Å²) in [4.78, 5) is 12.1. The van der Waals surface area contributed by atoms with Crippen LogP contribution in [0, 0.1) is 11.6 Å². The molecule has 1 aromatic carbocycles. The number of rotatable bonds is 5. The van der Waals surface area contributed by atoms with Crippen LogP contribution in [-0.4, -0.2) is 37.3 Å². The molecule has 8 nitrogen and oxygen atoms in total. The molecular weight excluding hydrogens is 346 g/mol. The normalized spacial score (nSPS) is 10.8. The Balaban J connectivity index is 1.71. The lowest BCUT2D eigenvalue weighted by molar-refractivity contribution is 0.261. The van der Waals surface area contributed by atoms with Crippen molar-refractivity contribution in [2.24, 2.45) is 7.05 Å². The van der Waals surface area contributed by atoms with Gasteiger partial charge in [-0.2, -0.15) is 10.2 Å². The van der Waals surface area contributed by atoms with Crippen LogP contribution in [0.4, 0.5) is 25.2 Å². The van der Waals surface area contributed by atoms with Crippen molar-refractivity contribution in [2.45, 2.75) is 6.54 Å². The topological polar surface area (TPSA) is 97.0 Å². The van der Waals surface area contributed by atoms with E-state index in [1.165, 1.54) is 21.5 Å². The third kappa shape index (κ3) is 3.86. The number of halogens is 2. The second-order valence-corrected chi connectivity index (χ2v) is 5.43. The van der Waals surface area contributed by atoms with E-state index >= 15 is 0 Å². The number of hydrogen-bond acceptors (Lipinski definition) is 4. The fraction of sp³-hybridized carbons (Fsp3) is 0.188. The van der Waals surface area contributed by atoms with E-state index in [1.54, 1.807) is 19.3 Å². The van der Waals surface area contributed by atoms with Gasteiger partial charge in [0.2, 0.25) is 0 Å². The van der Waals surface area contributed by atoms with Gasteiger partial charge in [0, 0.05) is 37.0 Å². The number of urea groups is 1. The van der Waals surface area contributed by atoms with E-state index in [-0.39, 0.29) is 17.9 Å². The van der Waals surface area contributed by atoms with Gasteiger partial charge >= 0.3 is 6.03 Å².